The molecule has 0 rings (SSSR count). The van der Waals surface area contributed by atoms with E-state index in [9.17, 15) is 0 Å². The summed E-state index contributed by atoms with van der Waals surface area (Å²) in [7, 11) is 0. The van der Waals surface area contributed by atoms with Crippen LogP contribution in [0.5, 0.6) is 0 Å². The fourth-order valence-corrected chi connectivity index (χ4v) is 0. The summed E-state index contributed by atoms with van der Waals surface area (Å²) in [5.41, 5.74) is 0. The Morgan fingerprint density at radius 1 is 1.00 bits per heavy atom. The van der Waals surface area contributed by atoms with Crippen LogP contribution >= 0.6 is 0 Å². The van der Waals surface area contributed by atoms with Crippen molar-refractivity contribution in [3.8, 4) is 0 Å². The van der Waals surface area contributed by atoms with Crippen LogP contribution in [0, 0.1) is 0 Å². The van der Waals surface area contributed by atoms with Crippen molar-refractivity contribution < 1.29 is 34.4 Å². The van der Waals surface area contributed by atoms with Gasteiger partial charge in [-0.3, -0.25) is 0 Å². The quantitative estimate of drug-likeness (QED) is 0.437. The van der Waals surface area contributed by atoms with E-state index in [2.05, 4.69) is 0 Å². The van der Waals surface area contributed by atoms with Gasteiger partial charge >= 0.3 is 0 Å². The minimum Gasteiger partial charge on any atom is 0 e. The second-order valence-corrected chi connectivity index (χ2v) is 0. The van der Waals surface area contributed by atoms with Gasteiger partial charge in [0.1, 0.15) is 0 Å². The molecule has 0 aromatic carbocycles. The number of rotatable bonds is 0. The van der Waals surface area contributed by atoms with Gasteiger partial charge in [-0.25, -0.2) is 0 Å². The van der Waals surface area contributed by atoms with Crippen molar-refractivity contribution in [1.29, 1.82) is 0 Å². The Labute approximate surface area is 120 Å². The molecule has 0 aromatic rings. The molecule has 0 bridgehead atoms. The topological polar surface area (TPSA) is 0 Å². The molecule has 0 unspecified atom stereocenters. The van der Waals surface area contributed by atoms with Gasteiger partial charge in [-0.15, -0.1) is 0 Å². The van der Waals surface area contributed by atoms with Gasteiger partial charge in [0.2, 0.25) is 0 Å². The fraction of sp³-hybridized carbons (Fsp3) is 0. The Balaban J connectivity index is 0. The maximum absolute atomic E-state index is 0. The average Bonchev–Trinajstić information content (AvgIpc) is 0. The summed E-state index contributed by atoms with van der Waals surface area (Å²) in [5, 5.41) is 0. The average molecular weight is 187 g/mol. The standard InChI is InChI=1S/Ca.Cr.Fe.K. The van der Waals surface area contributed by atoms with Gasteiger partial charge in [-0.2, -0.15) is 0 Å². The first kappa shape index (κ1) is 24.6. The first-order valence-electron chi connectivity index (χ1n) is 0. The molecular formula is CaCrFeK. The number of hydrogen-bond donors (Lipinski definition) is 0. The maximum Gasteiger partial charge on any atom is 0 e. The maximum atomic E-state index is 0. The largest absolute Gasteiger partial charge is 0 e. The van der Waals surface area contributed by atoms with Gasteiger partial charge < -0.3 is 0 Å². The Hall–Kier alpha value is 3.95. The van der Waals surface area contributed by atoms with Crippen LogP contribution in [0.3, 0.4) is 0 Å². The second kappa shape index (κ2) is 15.8. The van der Waals surface area contributed by atoms with Crippen LogP contribution in [0.1, 0.15) is 0 Å². The van der Waals surface area contributed by atoms with E-state index >= 15 is 0 Å². The third-order valence-electron chi connectivity index (χ3n) is 0. The molecule has 4 heavy (non-hydrogen) atoms. The predicted octanol–water partition coefficient (Wildman–Crippen LogP) is -0.767. The molecule has 0 saturated carbocycles. The molecule has 4 heteroatoms. The molecule has 0 atom stereocenters. The molecule has 0 spiro atoms. The summed E-state index contributed by atoms with van der Waals surface area (Å²) in [5.74, 6) is 0. The van der Waals surface area contributed by atoms with Crippen molar-refractivity contribution in [2.24, 2.45) is 0 Å². The summed E-state index contributed by atoms with van der Waals surface area (Å²) < 4.78 is 0. The molecule has 0 aromatic heterocycles. The summed E-state index contributed by atoms with van der Waals surface area (Å²) in [6, 6.07) is 0. The smallest absolute Gasteiger partial charge is 0 e. The van der Waals surface area contributed by atoms with Gasteiger partial charge in [0.15, 0.2) is 0 Å². The minimum atomic E-state index is 0. The van der Waals surface area contributed by atoms with Crippen molar-refractivity contribution >= 4 is 89.1 Å². The Kier molecular flexibility index (Phi) is 97.1. The zero-order valence-electron chi connectivity index (χ0n) is 2.47. The van der Waals surface area contributed by atoms with Crippen molar-refractivity contribution in [3.05, 3.63) is 0 Å². The number of hydrogen-bond acceptors (Lipinski definition) is 0. The van der Waals surface area contributed by atoms with E-state index in [1.165, 1.54) is 0 Å². The molecule has 0 aliphatic heterocycles. The molecule has 0 nitrogen and oxygen atoms in total. The second-order valence-electron chi connectivity index (χ2n) is 0. The van der Waals surface area contributed by atoms with Crippen LogP contribution in [-0.4, -0.2) is 89.1 Å². The zero-order chi connectivity index (χ0) is 0. The first-order valence-corrected chi connectivity index (χ1v) is 0. The van der Waals surface area contributed by atoms with Crippen molar-refractivity contribution in [1.82, 2.24) is 0 Å². The molecule has 0 aliphatic carbocycles. The van der Waals surface area contributed by atoms with E-state index < -0.39 is 0 Å². The monoisotopic (exact) mass is 187 g/mol. The van der Waals surface area contributed by atoms with Crippen molar-refractivity contribution in [2.45, 2.75) is 0 Å². The Morgan fingerprint density at radius 2 is 1.00 bits per heavy atom. The van der Waals surface area contributed by atoms with E-state index in [-0.39, 0.29) is 124 Å². The molecule has 0 heterocycles. The Morgan fingerprint density at radius 3 is 1.00 bits per heavy atom. The van der Waals surface area contributed by atoms with Gasteiger partial charge in [-0.1, -0.05) is 0 Å². The first-order chi connectivity index (χ1) is 0. The third-order valence-corrected chi connectivity index (χ3v) is 0. The molecule has 0 saturated heterocycles. The van der Waals surface area contributed by atoms with Crippen molar-refractivity contribution in [3.63, 3.8) is 0 Å². The summed E-state index contributed by atoms with van der Waals surface area (Å²) in [4.78, 5) is 0. The molecule has 17 valence electrons. The van der Waals surface area contributed by atoms with E-state index in [1.807, 2.05) is 0 Å². The summed E-state index contributed by atoms with van der Waals surface area (Å²) >= 11 is 0. The third kappa shape index (κ3) is 9.34. The molecule has 3 radical (unpaired) electrons. The van der Waals surface area contributed by atoms with Crippen LogP contribution in [0.4, 0.5) is 0 Å². The molecule has 0 fully saturated rings. The van der Waals surface area contributed by atoms with Gasteiger partial charge in [0.25, 0.3) is 0 Å². The zero-order valence-corrected chi connectivity index (χ0v) is 10.2. The minimum absolute atomic E-state index is 0. The summed E-state index contributed by atoms with van der Waals surface area (Å²) in [6.45, 7) is 0. The molecular weight excluding hydrogens is 187 g/mol. The molecule has 0 amide bonds. The predicted molar refractivity (Wildman–Crippen MR) is 11.5 cm³/mol. The van der Waals surface area contributed by atoms with Crippen LogP contribution in [0.15, 0.2) is 0 Å². The normalized spacial score (nSPS) is 0. The fourth-order valence-electron chi connectivity index (χ4n) is 0. The molecule has 0 aliphatic rings. The van der Waals surface area contributed by atoms with Crippen LogP contribution < -0.4 is 0 Å². The van der Waals surface area contributed by atoms with Gasteiger partial charge in [0.05, 0.1) is 0 Å². The van der Waals surface area contributed by atoms with E-state index in [0.29, 0.717) is 0 Å². The van der Waals surface area contributed by atoms with E-state index in [4.69, 9.17) is 0 Å². The summed E-state index contributed by atoms with van der Waals surface area (Å²) in [6.07, 6.45) is 0. The Bertz CT molecular complexity index is 8.00. The van der Waals surface area contributed by atoms with E-state index in [0.717, 1.165) is 0 Å². The van der Waals surface area contributed by atoms with Crippen LogP contribution in [0.25, 0.3) is 0 Å². The van der Waals surface area contributed by atoms with Crippen LogP contribution in [0.2, 0.25) is 0 Å². The van der Waals surface area contributed by atoms with Gasteiger partial charge in [-0.05, 0) is 0 Å². The van der Waals surface area contributed by atoms with Gasteiger partial charge in [0, 0.05) is 124 Å². The van der Waals surface area contributed by atoms with Crippen LogP contribution in [-0.2, 0) is 34.4 Å². The van der Waals surface area contributed by atoms with Crippen molar-refractivity contribution in [2.75, 3.05) is 0 Å². The SMILES string of the molecule is [Ca].[Cr].[Fe].[K]. The molecule has 0 N–H and O–H groups in total. The van der Waals surface area contributed by atoms with E-state index in [1.54, 1.807) is 0 Å².